The fraction of sp³-hybridized carbons (Fsp3) is 0.0833. The van der Waals surface area contributed by atoms with Crippen molar-refractivity contribution in [2.45, 2.75) is 6.92 Å². The molecule has 1 heterocycles. The van der Waals surface area contributed by atoms with Gasteiger partial charge in [0.2, 0.25) is 5.95 Å². The average molecular weight is 297 g/mol. The largest absolute Gasteiger partial charge is 0.388 e. The third-order valence-electron chi connectivity index (χ3n) is 2.28. The summed E-state index contributed by atoms with van der Waals surface area (Å²) in [5.41, 5.74) is 7.17. The van der Waals surface area contributed by atoms with E-state index in [0.29, 0.717) is 23.0 Å². The molecule has 2 aromatic rings. The van der Waals surface area contributed by atoms with Crippen LogP contribution in [0.5, 0.6) is 0 Å². The van der Waals surface area contributed by atoms with Crippen LogP contribution in [0.1, 0.15) is 11.4 Å². The van der Waals surface area contributed by atoms with E-state index < -0.39 is 5.82 Å². The molecule has 1 aromatic carbocycles. The molecule has 19 heavy (non-hydrogen) atoms. The van der Waals surface area contributed by atoms with Crippen LogP contribution in [-0.2, 0) is 0 Å². The Labute approximate surface area is 119 Å². The molecule has 0 aliphatic rings. The van der Waals surface area contributed by atoms with Crippen molar-refractivity contribution in [1.82, 2.24) is 9.97 Å². The highest BCUT2D eigenvalue weighted by molar-refractivity contribution is 7.80. The third-order valence-corrected chi connectivity index (χ3v) is 2.80. The fourth-order valence-electron chi connectivity index (χ4n) is 1.45. The topological polar surface area (TPSA) is 63.8 Å². The minimum absolute atomic E-state index is 0.0551. The van der Waals surface area contributed by atoms with Gasteiger partial charge in [-0.25, -0.2) is 14.4 Å². The lowest BCUT2D eigenvalue weighted by Crippen LogP contribution is -2.13. The first-order valence-electron chi connectivity index (χ1n) is 5.33. The summed E-state index contributed by atoms with van der Waals surface area (Å²) in [4.78, 5) is 8.48. The van der Waals surface area contributed by atoms with Gasteiger partial charge in [0, 0.05) is 11.4 Å². The van der Waals surface area contributed by atoms with E-state index in [1.54, 1.807) is 19.1 Å². The van der Waals surface area contributed by atoms with Gasteiger partial charge in [0.1, 0.15) is 16.5 Å². The Morgan fingerprint density at radius 3 is 2.74 bits per heavy atom. The van der Waals surface area contributed by atoms with Crippen LogP contribution >= 0.6 is 23.8 Å². The molecule has 0 saturated heterocycles. The van der Waals surface area contributed by atoms with Crippen LogP contribution in [0.2, 0.25) is 5.02 Å². The number of halogens is 2. The number of hydrogen-bond donors (Lipinski definition) is 2. The van der Waals surface area contributed by atoms with Gasteiger partial charge in [-0.1, -0.05) is 23.8 Å². The van der Waals surface area contributed by atoms with Gasteiger partial charge in [-0.2, -0.15) is 0 Å². The number of nitrogens with one attached hydrogen (secondary N) is 1. The van der Waals surface area contributed by atoms with E-state index in [0.717, 1.165) is 0 Å². The Morgan fingerprint density at radius 1 is 1.37 bits per heavy atom. The predicted molar refractivity (Wildman–Crippen MR) is 77.3 cm³/mol. The predicted octanol–water partition coefficient (Wildman–Crippen LogP) is 2.96. The van der Waals surface area contributed by atoms with Crippen molar-refractivity contribution < 1.29 is 4.39 Å². The minimum atomic E-state index is -0.520. The second kappa shape index (κ2) is 5.46. The lowest BCUT2D eigenvalue weighted by molar-refractivity contribution is 0.629. The number of nitrogens with two attached hydrogens (primary N) is 1. The molecule has 0 aliphatic carbocycles. The Bertz CT molecular complexity index is 648. The monoisotopic (exact) mass is 296 g/mol. The Morgan fingerprint density at radius 2 is 2.11 bits per heavy atom. The van der Waals surface area contributed by atoms with Gasteiger partial charge in [0.05, 0.1) is 5.02 Å². The van der Waals surface area contributed by atoms with Crippen molar-refractivity contribution in [1.29, 1.82) is 0 Å². The van der Waals surface area contributed by atoms with Crippen LogP contribution in [0, 0.1) is 12.7 Å². The summed E-state index contributed by atoms with van der Waals surface area (Å²) in [5.74, 6) is -0.224. The number of rotatable bonds is 3. The summed E-state index contributed by atoms with van der Waals surface area (Å²) in [5, 5.41) is 2.93. The molecule has 0 amide bonds. The SMILES string of the molecule is Cc1cc(C(N)=S)nc(Nc2ccc(Cl)c(F)c2)n1. The van der Waals surface area contributed by atoms with E-state index in [1.165, 1.54) is 12.1 Å². The maximum atomic E-state index is 13.3. The normalized spacial score (nSPS) is 10.3. The molecule has 98 valence electrons. The first-order chi connectivity index (χ1) is 8.95. The number of aromatic nitrogens is 2. The van der Waals surface area contributed by atoms with Crippen molar-refractivity contribution in [3.05, 3.63) is 46.5 Å². The number of benzene rings is 1. The fourth-order valence-corrected chi connectivity index (χ4v) is 1.68. The van der Waals surface area contributed by atoms with E-state index in [9.17, 15) is 4.39 Å². The Hall–Kier alpha value is -1.79. The number of anilines is 2. The van der Waals surface area contributed by atoms with Gasteiger partial charge in [-0.15, -0.1) is 0 Å². The first kappa shape index (κ1) is 13.6. The van der Waals surface area contributed by atoms with Gasteiger partial charge in [0.25, 0.3) is 0 Å². The van der Waals surface area contributed by atoms with E-state index in [4.69, 9.17) is 29.6 Å². The van der Waals surface area contributed by atoms with Crippen molar-refractivity contribution >= 4 is 40.4 Å². The lowest BCUT2D eigenvalue weighted by Gasteiger charge is -2.08. The number of thiocarbonyl (C=S) groups is 1. The van der Waals surface area contributed by atoms with E-state index in [2.05, 4.69) is 15.3 Å². The van der Waals surface area contributed by atoms with Crippen LogP contribution in [-0.4, -0.2) is 15.0 Å². The summed E-state index contributed by atoms with van der Waals surface area (Å²) in [6, 6.07) is 6.01. The summed E-state index contributed by atoms with van der Waals surface area (Å²) in [6.07, 6.45) is 0. The maximum Gasteiger partial charge on any atom is 0.228 e. The Balaban J connectivity index is 2.32. The van der Waals surface area contributed by atoms with Gasteiger partial charge < -0.3 is 11.1 Å². The van der Waals surface area contributed by atoms with E-state index in [1.807, 2.05) is 0 Å². The van der Waals surface area contributed by atoms with E-state index in [-0.39, 0.29) is 10.0 Å². The molecule has 0 bridgehead atoms. The number of nitrogens with zero attached hydrogens (tertiary/aromatic N) is 2. The lowest BCUT2D eigenvalue weighted by atomic mass is 10.3. The minimum Gasteiger partial charge on any atom is -0.388 e. The molecular weight excluding hydrogens is 287 g/mol. The zero-order valence-corrected chi connectivity index (χ0v) is 11.5. The summed E-state index contributed by atoms with van der Waals surface area (Å²) < 4.78 is 13.3. The van der Waals surface area contributed by atoms with Crippen LogP contribution in [0.4, 0.5) is 16.0 Å². The smallest absolute Gasteiger partial charge is 0.228 e. The van der Waals surface area contributed by atoms with Gasteiger partial charge in [-0.3, -0.25) is 0 Å². The molecular formula is C12H10ClFN4S. The zero-order chi connectivity index (χ0) is 14.0. The molecule has 0 saturated carbocycles. The first-order valence-corrected chi connectivity index (χ1v) is 6.12. The number of hydrogen-bond acceptors (Lipinski definition) is 4. The van der Waals surface area contributed by atoms with Crippen LogP contribution in [0.3, 0.4) is 0 Å². The highest BCUT2D eigenvalue weighted by Gasteiger charge is 2.06. The molecule has 0 fully saturated rings. The maximum absolute atomic E-state index is 13.3. The van der Waals surface area contributed by atoms with Gasteiger partial charge in [0.15, 0.2) is 0 Å². The Kier molecular flexibility index (Phi) is 3.92. The van der Waals surface area contributed by atoms with Crippen LogP contribution < -0.4 is 11.1 Å². The molecule has 0 radical (unpaired) electrons. The summed E-state index contributed by atoms with van der Waals surface area (Å²) >= 11 is 10.5. The average Bonchev–Trinajstić information content (AvgIpc) is 2.33. The molecule has 1 aromatic heterocycles. The van der Waals surface area contributed by atoms with Gasteiger partial charge >= 0.3 is 0 Å². The highest BCUT2D eigenvalue weighted by Crippen LogP contribution is 2.20. The van der Waals surface area contributed by atoms with Crippen molar-refractivity contribution in [3.8, 4) is 0 Å². The molecule has 0 aliphatic heterocycles. The molecule has 2 rings (SSSR count). The van der Waals surface area contributed by atoms with Gasteiger partial charge in [-0.05, 0) is 31.2 Å². The zero-order valence-electron chi connectivity index (χ0n) is 9.95. The molecule has 0 atom stereocenters. The quantitative estimate of drug-likeness (QED) is 0.853. The second-order valence-electron chi connectivity index (χ2n) is 3.84. The van der Waals surface area contributed by atoms with Crippen molar-refractivity contribution in [3.63, 3.8) is 0 Å². The number of aryl methyl sites for hydroxylation is 1. The molecule has 0 unspecified atom stereocenters. The van der Waals surface area contributed by atoms with Crippen LogP contribution in [0.15, 0.2) is 24.3 Å². The van der Waals surface area contributed by atoms with E-state index >= 15 is 0 Å². The van der Waals surface area contributed by atoms with Crippen molar-refractivity contribution in [2.75, 3.05) is 5.32 Å². The highest BCUT2D eigenvalue weighted by atomic mass is 35.5. The summed E-state index contributed by atoms with van der Waals surface area (Å²) in [6.45, 7) is 1.79. The molecule has 4 nitrogen and oxygen atoms in total. The molecule has 0 spiro atoms. The van der Waals surface area contributed by atoms with Crippen LogP contribution in [0.25, 0.3) is 0 Å². The second-order valence-corrected chi connectivity index (χ2v) is 4.68. The standard InChI is InChI=1S/C12H10ClFN4S/c1-6-4-10(11(15)19)18-12(16-6)17-7-2-3-8(13)9(14)5-7/h2-5H,1H3,(H2,15,19)(H,16,17,18). The molecule has 3 N–H and O–H groups in total. The summed E-state index contributed by atoms with van der Waals surface area (Å²) in [7, 11) is 0. The third kappa shape index (κ3) is 3.36. The van der Waals surface area contributed by atoms with Crippen molar-refractivity contribution in [2.24, 2.45) is 5.73 Å². The molecule has 7 heteroatoms.